The first-order valence-electron chi connectivity index (χ1n) is 5.75. The number of hydrogen-bond acceptors (Lipinski definition) is 3. The average Bonchev–Trinajstić information content (AvgIpc) is 2.71. The van der Waals surface area contributed by atoms with E-state index in [2.05, 4.69) is 5.32 Å². The zero-order valence-electron chi connectivity index (χ0n) is 10.1. The molecule has 3 N–H and O–H groups in total. The van der Waals surface area contributed by atoms with Crippen LogP contribution in [0.25, 0.3) is 0 Å². The number of thiocarbonyl (C=S) groups is 1. The summed E-state index contributed by atoms with van der Waals surface area (Å²) in [6.07, 6.45) is 0.507. The minimum Gasteiger partial charge on any atom is -0.449 e. The van der Waals surface area contributed by atoms with Gasteiger partial charge in [-0.05, 0) is 49.3 Å². The average molecular weight is 265 g/mol. The van der Waals surface area contributed by atoms with Crippen LogP contribution in [0.3, 0.4) is 0 Å². The Morgan fingerprint density at radius 2 is 2.39 bits per heavy atom. The third-order valence-electron chi connectivity index (χ3n) is 2.73. The zero-order chi connectivity index (χ0) is 13.1. The lowest BCUT2D eigenvalue weighted by atomic mass is 10.1. The van der Waals surface area contributed by atoms with E-state index in [4.69, 9.17) is 22.7 Å². The maximum atomic E-state index is 11.7. The Balaban J connectivity index is 2.19. The van der Waals surface area contributed by atoms with Crippen LogP contribution in [0.1, 0.15) is 12.5 Å². The number of rotatable bonds is 2. The van der Waals surface area contributed by atoms with Crippen LogP contribution >= 0.6 is 12.2 Å². The number of benzene rings is 1. The van der Waals surface area contributed by atoms with Crippen LogP contribution in [0.15, 0.2) is 18.2 Å². The molecule has 0 fully saturated rings. The molecule has 0 bridgehead atoms. The Labute approximate surface area is 111 Å². The number of nitrogens with two attached hydrogens (primary N) is 1. The van der Waals surface area contributed by atoms with Crippen molar-refractivity contribution in [2.45, 2.75) is 13.3 Å². The van der Waals surface area contributed by atoms with Crippen molar-refractivity contribution in [3.05, 3.63) is 23.8 Å². The van der Waals surface area contributed by atoms with Gasteiger partial charge in [-0.2, -0.15) is 0 Å². The highest BCUT2D eigenvalue weighted by molar-refractivity contribution is 7.80. The number of carbonyl (C=O) groups excluding carboxylic acids is 1. The largest absolute Gasteiger partial charge is 0.449 e. The van der Waals surface area contributed by atoms with E-state index in [1.807, 2.05) is 18.2 Å². The monoisotopic (exact) mass is 265 g/mol. The van der Waals surface area contributed by atoms with Crippen molar-refractivity contribution in [2.75, 3.05) is 23.4 Å². The normalized spacial score (nSPS) is 13.1. The van der Waals surface area contributed by atoms with Crippen molar-refractivity contribution in [3.63, 3.8) is 0 Å². The number of ether oxygens (including phenoxy) is 1. The van der Waals surface area contributed by atoms with Crippen LogP contribution in [0.2, 0.25) is 0 Å². The Morgan fingerprint density at radius 3 is 3.06 bits per heavy atom. The lowest BCUT2D eigenvalue weighted by molar-refractivity contribution is 0.160. The molecule has 0 aliphatic carbocycles. The van der Waals surface area contributed by atoms with Crippen LogP contribution < -0.4 is 16.0 Å². The van der Waals surface area contributed by atoms with Gasteiger partial charge < -0.3 is 15.8 Å². The molecular weight excluding hydrogens is 250 g/mol. The molecule has 0 atom stereocenters. The summed E-state index contributed by atoms with van der Waals surface area (Å²) in [6, 6.07) is 5.67. The molecule has 1 amide bonds. The summed E-state index contributed by atoms with van der Waals surface area (Å²) < 4.78 is 5.01. The highest BCUT2D eigenvalue weighted by atomic mass is 32.1. The van der Waals surface area contributed by atoms with E-state index in [0.29, 0.717) is 13.2 Å². The molecule has 0 saturated heterocycles. The number of carbonyl (C=O) groups is 1. The summed E-state index contributed by atoms with van der Waals surface area (Å²) >= 11 is 4.79. The molecule has 2 rings (SSSR count). The number of amides is 1. The Bertz CT molecular complexity index is 490. The highest BCUT2D eigenvalue weighted by Crippen LogP contribution is 2.30. The quantitative estimate of drug-likeness (QED) is 0.799. The van der Waals surface area contributed by atoms with Crippen LogP contribution in [-0.2, 0) is 11.2 Å². The first-order valence-corrected chi connectivity index (χ1v) is 6.16. The summed E-state index contributed by atoms with van der Waals surface area (Å²) in [6.45, 7) is 2.82. The third kappa shape index (κ3) is 2.53. The van der Waals surface area contributed by atoms with E-state index in [0.717, 1.165) is 23.4 Å². The minimum atomic E-state index is -0.300. The van der Waals surface area contributed by atoms with Crippen LogP contribution in [-0.4, -0.2) is 24.4 Å². The SMILES string of the molecule is CCOC(=O)N1CCc2cc(NC(N)=S)ccc21. The van der Waals surface area contributed by atoms with Gasteiger partial charge in [-0.15, -0.1) is 0 Å². The molecule has 1 heterocycles. The molecular formula is C12H15N3O2S. The fourth-order valence-corrected chi connectivity index (χ4v) is 2.13. The lowest BCUT2D eigenvalue weighted by Crippen LogP contribution is -2.29. The topological polar surface area (TPSA) is 67.6 Å². The van der Waals surface area contributed by atoms with E-state index in [9.17, 15) is 4.79 Å². The summed E-state index contributed by atoms with van der Waals surface area (Å²) in [4.78, 5) is 13.4. The predicted molar refractivity (Wildman–Crippen MR) is 74.9 cm³/mol. The fourth-order valence-electron chi connectivity index (χ4n) is 2.01. The Hall–Kier alpha value is -1.82. The van der Waals surface area contributed by atoms with E-state index < -0.39 is 0 Å². The van der Waals surface area contributed by atoms with E-state index in [1.165, 1.54) is 0 Å². The zero-order valence-corrected chi connectivity index (χ0v) is 10.9. The molecule has 0 spiro atoms. The van der Waals surface area contributed by atoms with Crippen molar-refractivity contribution in [1.82, 2.24) is 0 Å². The molecule has 6 heteroatoms. The van der Waals surface area contributed by atoms with Gasteiger partial charge in [0, 0.05) is 12.2 Å². The Kier molecular flexibility index (Phi) is 3.66. The first-order chi connectivity index (χ1) is 8.61. The third-order valence-corrected chi connectivity index (χ3v) is 2.83. The van der Waals surface area contributed by atoms with Crippen LogP contribution in [0.5, 0.6) is 0 Å². The molecule has 0 saturated carbocycles. The highest BCUT2D eigenvalue weighted by Gasteiger charge is 2.25. The smallest absolute Gasteiger partial charge is 0.414 e. The maximum Gasteiger partial charge on any atom is 0.414 e. The summed E-state index contributed by atoms with van der Waals surface area (Å²) in [7, 11) is 0. The molecule has 1 aromatic carbocycles. The molecule has 1 aromatic rings. The fraction of sp³-hybridized carbons (Fsp3) is 0.333. The van der Waals surface area contributed by atoms with Crippen LogP contribution in [0, 0.1) is 0 Å². The summed E-state index contributed by atoms with van der Waals surface area (Å²) in [5.74, 6) is 0. The molecule has 96 valence electrons. The van der Waals surface area contributed by atoms with Gasteiger partial charge in [-0.25, -0.2) is 4.79 Å². The molecule has 1 aliphatic rings. The van der Waals surface area contributed by atoms with Crippen molar-refractivity contribution >= 4 is 34.8 Å². The minimum absolute atomic E-state index is 0.232. The van der Waals surface area contributed by atoms with Gasteiger partial charge in [0.25, 0.3) is 0 Å². The van der Waals surface area contributed by atoms with Gasteiger partial charge >= 0.3 is 6.09 Å². The second-order valence-corrected chi connectivity index (χ2v) is 4.37. The van der Waals surface area contributed by atoms with Gasteiger partial charge in [-0.1, -0.05) is 0 Å². The predicted octanol–water partition coefficient (Wildman–Crippen LogP) is 1.86. The number of fused-ring (bicyclic) bond motifs is 1. The molecule has 5 nitrogen and oxygen atoms in total. The number of anilines is 2. The lowest BCUT2D eigenvalue weighted by Gasteiger charge is -2.16. The van der Waals surface area contributed by atoms with Gasteiger partial charge in [0.15, 0.2) is 5.11 Å². The first kappa shape index (κ1) is 12.6. The number of hydrogen-bond donors (Lipinski definition) is 2. The van der Waals surface area contributed by atoms with Crippen LogP contribution in [0.4, 0.5) is 16.2 Å². The molecule has 0 aromatic heterocycles. The van der Waals surface area contributed by atoms with Gasteiger partial charge in [0.05, 0.1) is 12.3 Å². The van der Waals surface area contributed by atoms with Gasteiger partial charge in [-0.3, -0.25) is 4.90 Å². The van der Waals surface area contributed by atoms with Crippen molar-refractivity contribution in [1.29, 1.82) is 0 Å². The van der Waals surface area contributed by atoms with Gasteiger partial charge in [0.2, 0.25) is 0 Å². The maximum absolute atomic E-state index is 11.7. The van der Waals surface area contributed by atoms with Crippen molar-refractivity contribution in [2.24, 2.45) is 5.73 Å². The second kappa shape index (κ2) is 5.22. The number of nitrogens with one attached hydrogen (secondary N) is 1. The Morgan fingerprint density at radius 1 is 1.61 bits per heavy atom. The van der Waals surface area contributed by atoms with E-state index >= 15 is 0 Å². The van der Waals surface area contributed by atoms with E-state index in [1.54, 1.807) is 11.8 Å². The molecule has 1 aliphatic heterocycles. The summed E-state index contributed by atoms with van der Waals surface area (Å²) in [5, 5.41) is 3.11. The summed E-state index contributed by atoms with van der Waals surface area (Å²) in [5.41, 5.74) is 8.24. The number of nitrogens with zero attached hydrogens (tertiary/aromatic N) is 1. The van der Waals surface area contributed by atoms with Gasteiger partial charge in [0.1, 0.15) is 0 Å². The molecule has 0 radical (unpaired) electrons. The standard InChI is InChI=1S/C12H15N3O2S/c1-2-17-12(16)15-6-5-8-7-9(14-11(13)18)3-4-10(8)15/h3-4,7H,2,5-6H2,1H3,(H3,13,14,18). The van der Waals surface area contributed by atoms with E-state index in [-0.39, 0.29) is 11.2 Å². The molecule has 18 heavy (non-hydrogen) atoms. The molecule has 0 unspecified atom stereocenters. The van der Waals surface area contributed by atoms with Crippen molar-refractivity contribution in [3.8, 4) is 0 Å². The van der Waals surface area contributed by atoms with Crippen molar-refractivity contribution < 1.29 is 9.53 Å². The second-order valence-electron chi connectivity index (χ2n) is 3.93.